The number of nitrogens with zero attached hydrogens (tertiary/aromatic N) is 9. The molecule has 11 heterocycles. The maximum atomic E-state index is 11.5. The van der Waals surface area contributed by atoms with E-state index in [1.165, 1.54) is 18.9 Å². The van der Waals surface area contributed by atoms with Crippen molar-refractivity contribution >= 4 is 6.08 Å². The third-order valence-corrected chi connectivity index (χ3v) is 17.4. The first-order chi connectivity index (χ1) is 50.0. The Morgan fingerprint density at radius 1 is 0.604 bits per heavy atom. The number of aliphatic hydroxyl groups is 1. The number of nitro groups is 1. The van der Waals surface area contributed by atoms with Gasteiger partial charge in [0.15, 0.2) is 0 Å². The van der Waals surface area contributed by atoms with Crippen molar-refractivity contribution in [2.45, 2.75) is 95.6 Å². The summed E-state index contributed by atoms with van der Waals surface area (Å²) in [5.74, 6) is 0. The Balaban J connectivity index is 0.000000399. The van der Waals surface area contributed by atoms with Crippen molar-refractivity contribution in [3.63, 3.8) is 0 Å². The Morgan fingerprint density at radius 3 is 1.28 bits per heavy atom. The van der Waals surface area contributed by atoms with Gasteiger partial charge in [0, 0.05) is 88.8 Å². The number of ether oxygens (including phenoxy) is 14. The molecule has 0 spiro atoms. The fourth-order valence-electron chi connectivity index (χ4n) is 9.33. The molecular formula is C72H124F2N10O22. The van der Waals surface area contributed by atoms with E-state index in [4.69, 9.17) is 87.9 Å². The molecule has 34 heteroatoms. The molecule has 608 valence electrons. The molecule has 3 N–H and O–H groups in total. The Hall–Kier alpha value is -5.78. The highest BCUT2D eigenvalue weighted by molar-refractivity contribution is 5.47. The zero-order valence-corrected chi connectivity index (χ0v) is 65.0. The number of nitriles is 1. The zero-order valence-electron chi connectivity index (χ0n) is 65.0. The van der Waals surface area contributed by atoms with Gasteiger partial charge in [-0.25, -0.2) is 4.99 Å². The largest absolute Gasteiger partial charge is 0.501 e. The average Bonchev–Trinajstić information content (AvgIpc) is 0.858. The lowest BCUT2D eigenvalue weighted by Gasteiger charge is -2.37. The SMILES string of the molecule is C=CCCOCC1(C)COC1.C=COCC1(C)COC1.C=Cc1ccc(COCC2(C)COC2)cc1.CC1(CC#N)COC1.CC1(CN(F)F)COC1.CC1(CN)COC1.CC1(CN=[N+]=[N-])COC1.CC1(CO)COC1.CC1(CO[N+](=O)[O-])COC1.CC1(C[N+](=O)[O-])COC1.COON=NCC1(C)COC1. The van der Waals surface area contributed by atoms with E-state index in [0.29, 0.717) is 76.6 Å². The van der Waals surface area contributed by atoms with Crippen molar-refractivity contribution < 1.29 is 105 Å². The van der Waals surface area contributed by atoms with Crippen molar-refractivity contribution in [1.82, 2.24) is 5.34 Å². The van der Waals surface area contributed by atoms with Gasteiger partial charge in [-0.2, -0.15) is 15.3 Å². The van der Waals surface area contributed by atoms with Crippen LogP contribution in [0.25, 0.3) is 16.5 Å². The van der Waals surface area contributed by atoms with Crippen LogP contribution in [-0.2, 0) is 87.6 Å². The maximum absolute atomic E-state index is 11.5. The first kappa shape index (κ1) is 96.3. The van der Waals surface area contributed by atoms with E-state index in [-0.39, 0.29) is 80.0 Å². The van der Waals surface area contributed by atoms with E-state index in [1.54, 1.807) is 6.92 Å². The van der Waals surface area contributed by atoms with Gasteiger partial charge < -0.3 is 82.0 Å². The number of aliphatic hydroxyl groups excluding tert-OH is 1. The van der Waals surface area contributed by atoms with Gasteiger partial charge in [0.2, 0.25) is 6.54 Å². The molecule has 0 amide bonds. The van der Waals surface area contributed by atoms with E-state index in [0.717, 1.165) is 151 Å². The molecule has 0 aliphatic carbocycles. The number of nitrogens with two attached hydrogens (primary N) is 1. The molecule has 11 aliphatic heterocycles. The smallest absolute Gasteiger partial charge is 0.294 e. The highest BCUT2D eigenvalue weighted by atomic mass is 19.4. The fourth-order valence-corrected chi connectivity index (χ4v) is 9.33. The Morgan fingerprint density at radius 2 is 1.01 bits per heavy atom. The lowest BCUT2D eigenvalue weighted by molar-refractivity contribution is -0.761. The van der Waals surface area contributed by atoms with Gasteiger partial charge >= 0.3 is 0 Å². The maximum Gasteiger partial charge on any atom is 0.294 e. The van der Waals surface area contributed by atoms with Crippen LogP contribution in [0.4, 0.5) is 8.96 Å². The van der Waals surface area contributed by atoms with Crippen LogP contribution >= 0.6 is 0 Å². The normalized spacial score (nSPS) is 22.1. The van der Waals surface area contributed by atoms with E-state index in [2.05, 4.69) is 127 Å². The Kier molecular flexibility index (Phi) is 44.2. The summed E-state index contributed by atoms with van der Waals surface area (Å²) in [4.78, 5) is 34.7. The first-order valence-corrected chi connectivity index (χ1v) is 35.3. The fraction of sp³-hybridized carbons (Fsp3) is 0.819. The minimum absolute atomic E-state index is 0.0347. The molecule has 1 aromatic rings. The second kappa shape index (κ2) is 48.7. The Labute approximate surface area is 625 Å². The van der Waals surface area contributed by atoms with Crippen molar-refractivity contribution in [3.8, 4) is 6.07 Å². The van der Waals surface area contributed by atoms with Gasteiger partial charge in [-0.15, -0.1) is 25.7 Å². The van der Waals surface area contributed by atoms with Gasteiger partial charge in [-0.1, -0.05) is 124 Å². The van der Waals surface area contributed by atoms with Crippen LogP contribution in [-0.4, -0.2) is 245 Å². The third kappa shape index (κ3) is 40.6. The average molecular weight is 1520 g/mol. The first-order valence-electron chi connectivity index (χ1n) is 35.3. The van der Waals surface area contributed by atoms with Crippen LogP contribution < -0.4 is 5.73 Å². The standard InChI is InChI=1S/C14H18O2.C9H16O2.C7H12O2.C6H12N2O3.C6H9NO.C5H9F2NO.C5H9N3O.C5H9NO4.C5H9NO3.C5H11NO.C5H10O2/c1-3-12-4-6-13(7-5-12)8-15-9-14(2)10-16-11-14;1-3-4-5-10-6-9(2)7-11-8-9;1-3-8-4-7(2)5-9-6-7;1-6(4-10-5-6)3-7-8-11-9-2;1-6(2-3-7)4-8-5-6;1-5(2-8(6)7)3-9-4-5;1-5(2-7-8-6)3-9-4-5;1-5(2-9-3-5)4-10-6(7)8;1-5(2-6(7)8)3-9-4-5;2*1-5(2-6)3-7-4-5/h3-7H,1,8-11H2,2H3;3H,1,4-8H2,2H3;3H,1,4-6H2,2H3;3-5H2,1-2H3;2,4-5H2,1H3;2*2-4H2,1H3;2-4H2,1H3;2-4H2,1H3;2-4,6H2,1H3;6H,2-4H2,1H3. The number of halogens is 2. The van der Waals surface area contributed by atoms with Crippen molar-refractivity contribution in [3.05, 3.63) is 98.1 Å². The summed E-state index contributed by atoms with van der Waals surface area (Å²) < 4.78 is 93.7. The monoisotopic (exact) mass is 1520 g/mol. The Bertz CT molecular complexity index is 2710. The molecule has 1 aromatic carbocycles. The summed E-state index contributed by atoms with van der Waals surface area (Å²) in [5, 5.41) is 45.5. The number of hydrogen-bond acceptors (Lipinski definition) is 28. The van der Waals surface area contributed by atoms with E-state index in [1.807, 2.05) is 39.8 Å². The molecule has 0 atom stereocenters. The van der Waals surface area contributed by atoms with Crippen LogP contribution in [0.15, 0.2) is 71.8 Å². The summed E-state index contributed by atoms with van der Waals surface area (Å²) in [5.41, 5.74) is 16.8. The van der Waals surface area contributed by atoms with Gasteiger partial charge in [-0.3, -0.25) is 10.1 Å². The highest BCUT2D eigenvalue weighted by Crippen LogP contribution is 2.33. The second-order valence-corrected chi connectivity index (χ2v) is 32.5. The molecule has 0 radical (unpaired) electrons. The highest BCUT2D eigenvalue weighted by Gasteiger charge is 2.41. The quantitative estimate of drug-likeness (QED) is 0.00719. The van der Waals surface area contributed by atoms with Crippen molar-refractivity contribution in [1.29, 1.82) is 5.26 Å². The van der Waals surface area contributed by atoms with Crippen LogP contribution in [0, 0.1) is 91.1 Å². The van der Waals surface area contributed by atoms with Gasteiger partial charge in [-0.05, 0) is 30.0 Å². The number of benzene rings is 1. The molecule has 11 saturated heterocycles. The lowest BCUT2D eigenvalue weighted by Crippen LogP contribution is -2.45. The van der Waals surface area contributed by atoms with Gasteiger partial charge in [0.1, 0.15) is 6.61 Å². The summed E-state index contributed by atoms with van der Waals surface area (Å²) >= 11 is 0. The summed E-state index contributed by atoms with van der Waals surface area (Å²) in [6.07, 6.45) is 6.77. The molecule has 32 nitrogen and oxygen atoms in total. The topological polar surface area (TPSA) is 390 Å². The molecule has 0 bridgehead atoms. The molecular weight excluding hydrogens is 1390 g/mol. The van der Waals surface area contributed by atoms with Crippen LogP contribution in [0.2, 0.25) is 0 Å². The molecule has 12 rings (SSSR count). The van der Waals surface area contributed by atoms with E-state index in [9.17, 15) is 29.2 Å². The minimum atomic E-state index is -0.789. The number of hydrogen-bond donors (Lipinski definition) is 2. The van der Waals surface area contributed by atoms with Crippen molar-refractivity contribution in [2.75, 3.05) is 225 Å². The third-order valence-electron chi connectivity index (χ3n) is 17.4. The lowest BCUT2D eigenvalue weighted by atomic mass is 9.86. The molecule has 11 fully saturated rings. The van der Waals surface area contributed by atoms with Crippen LogP contribution in [0.1, 0.15) is 100 Å². The van der Waals surface area contributed by atoms with E-state index >= 15 is 0 Å². The van der Waals surface area contributed by atoms with E-state index < -0.39 is 10.4 Å². The molecule has 0 saturated carbocycles. The van der Waals surface area contributed by atoms with Crippen LogP contribution in [0.5, 0.6) is 0 Å². The molecule has 11 aliphatic rings. The summed E-state index contributed by atoms with van der Waals surface area (Å²) in [6, 6.07) is 10.4. The molecule has 0 unspecified atom stereocenters. The van der Waals surface area contributed by atoms with Gasteiger partial charge in [0.05, 0.1) is 228 Å². The van der Waals surface area contributed by atoms with Crippen LogP contribution in [0.3, 0.4) is 0 Å². The zero-order chi connectivity index (χ0) is 79.3. The summed E-state index contributed by atoms with van der Waals surface area (Å²) in [6.45, 7) is 54.9. The second-order valence-electron chi connectivity index (χ2n) is 32.5. The molecule has 0 aromatic heterocycles. The minimum Gasteiger partial charge on any atom is -0.501 e. The number of azide groups is 1. The van der Waals surface area contributed by atoms with Crippen molar-refractivity contribution in [2.24, 2.45) is 80.8 Å². The predicted molar refractivity (Wildman–Crippen MR) is 388 cm³/mol. The predicted octanol–water partition coefficient (Wildman–Crippen LogP) is 10.5. The molecule has 106 heavy (non-hydrogen) atoms. The summed E-state index contributed by atoms with van der Waals surface area (Å²) in [7, 11) is 1.38. The number of rotatable bonds is 29. The van der Waals surface area contributed by atoms with Gasteiger partial charge in [0.25, 0.3) is 5.09 Å².